The van der Waals surface area contributed by atoms with E-state index in [1.165, 1.54) is 0 Å². The lowest BCUT2D eigenvalue weighted by atomic mass is 10.2. The van der Waals surface area contributed by atoms with Crippen molar-refractivity contribution in [3.05, 3.63) is 40.4 Å². The Labute approximate surface area is 109 Å². The average molecular weight is 299 g/mol. The third-order valence-electron chi connectivity index (χ3n) is 2.53. The van der Waals surface area contributed by atoms with E-state index in [9.17, 15) is 0 Å². The van der Waals surface area contributed by atoms with E-state index < -0.39 is 0 Å². The Balaban J connectivity index is 1.89. The molecular formula is C12H15BrN2O2. The highest BCUT2D eigenvalue weighted by Gasteiger charge is 2.10. The minimum absolute atomic E-state index is 0.123. The summed E-state index contributed by atoms with van der Waals surface area (Å²) in [5.74, 6) is 2.51. The number of hydrogen-bond donors (Lipinski definition) is 1. The van der Waals surface area contributed by atoms with Gasteiger partial charge < -0.3 is 8.83 Å². The van der Waals surface area contributed by atoms with Gasteiger partial charge in [0.15, 0.2) is 4.67 Å². The number of furan rings is 1. The van der Waals surface area contributed by atoms with Gasteiger partial charge in [0, 0.05) is 6.42 Å². The Morgan fingerprint density at radius 3 is 2.82 bits per heavy atom. The van der Waals surface area contributed by atoms with Gasteiger partial charge in [-0.3, -0.25) is 5.32 Å². The van der Waals surface area contributed by atoms with Crippen molar-refractivity contribution in [1.29, 1.82) is 0 Å². The van der Waals surface area contributed by atoms with Crippen LogP contribution < -0.4 is 5.32 Å². The van der Waals surface area contributed by atoms with E-state index in [1.54, 1.807) is 6.20 Å². The summed E-state index contributed by atoms with van der Waals surface area (Å²) >= 11 is 3.28. The monoisotopic (exact) mass is 298 g/mol. The lowest BCUT2D eigenvalue weighted by Crippen LogP contribution is -2.17. The minimum Gasteiger partial charge on any atom is -0.453 e. The molecule has 92 valence electrons. The van der Waals surface area contributed by atoms with Crippen molar-refractivity contribution in [2.45, 2.75) is 32.9 Å². The molecule has 5 heteroatoms. The molecule has 0 bridgehead atoms. The second-order valence-electron chi connectivity index (χ2n) is 3.82. The molecule has 2 aromatic heterocycles. The van der Waals surface area contributed by atoms with Crippen LogP contribution in [0.25, 0.3) is 0 Å². The minimum atomic E-state index is 0.123. The lowest BCUT2D eigenvalue weighted by molar-refractivity contribution is 0.386. The van der Waals surface area contributed by atoms with E-state index in [-0.39, 0.29) is 6.04 Å². The summed E-state index contributed by atoms with van der Waals surface area (Å²) in [6, 6.07) is 3.95. The number of nitrogens with zero attached hydrogens (tertiary/aromatic N) is 1. The first-order valence-electron chi connectivity index (χ1n) is 5.61. The fourth-order valence-corrected chi connectivity index (χ4v) is 1.81. The number of aromatic nitrogens is 1. The third kappa shape index (κ3) is 3.20. The van der Waals surface area contributed by atoms with Crippen LogP contribution in [0.4, 0.5) is 0 Å². The number of hydrogen-bond acceptors (Lipinski definition) is 4. The van der Waals surface area contributed by atoms with Crippen molar-refractivity contribution < 1.29 is 8.83 Å². The Morgan fingerprint density at radius 1 is 1.41 bits per heavy atom. The molecule has 0 saturated heterocycles. The summed E-state index contributed by atoms with van der Waals surface area (Å²) in [5, 5.41) is 3.30. The van der Waals surface area contributed by atoms with Crippen LogP contribution in [0.5, 0.6) is 0 Å². The van der Waals surface area contributed by atoms with E-state index in [2.05, 4.69) is 26.2 Å². The van der Waals surface area contributed by atoms with Crippen LogP contribution in [0.2, 0.25) is 0 Å². The lowest BCUT2D eigenvalue weighted by Gasteiger charge is -2.08. The Morgan fingerprint density at radius 2 is 2.24 bits per heavy atom. The highest BCUT2D eigenvalue weighted by Crippen LogP contribution is 2.20. The van der Waals surface area contributed by atoms with E-state index in [1.807, 2.05) is 26.0 Å². The molecule has 1 unspecified atom stereocenters. The molecule has 2 heterocycles. The zero-order valence-electron chi connectivity index (χ0n) is 9.87. The smallest absolute Gasteiger partial charge is 0.208 e. The molecule has 4 nitrogen and oxygen atoms in total. The first-order chi connectivity index (χ1) is 8.19. The predicted molar refractivity (Wildman–Crippen MR) is 67.5 cm³/mol. The van der Waals surface area contributed by atoms with Crippen LogP contribution >= 0.6 is 15.9 Å². The van der Waals surface area contributed by atoms with Gasteiger partial charge in [0.25, 0.3) is 0 Å². The van der Waals surface area contributed by atoms with Gasteiger partial charge in [0.2, 0.25) is 5.89 Å². The molecule has 1 atom stereocenters. The second kappa shape index (κ2) is 5.51. The first-order valence-corrected chi connectivity index (χ1v) is 6.40. The summed E-state index contributed by atoms with van der Waals surface area (Å²) in [7, 11) is 0. The van der Waals surface area contributed by atoms with Gasteiger partial charge >= 0.3 is 0 Å². The number of oxazole rings is 1. The molecule has 0 aliphatic rings. The van der Waals surface area contributed by atoms with Crippen molar-refractivity contribution >= 4 is 15.9 Å². The van der Waals surface area contributed by atoms with Crippen molar-refractivity contribution in [3.63, 3.8) is 0 Å². The van der Waals surface area contributed by atoms with Gasteiger partial charge in [0.05, 0.1) is 18.8 Å². The molecule has 2 rings (SSSR count). The number of nitrogens with one attached hydrogen (secondary N) is 1. The zero-order chi connectivity index (χ0) is 12.3. The van der Waals surface area contributed by atoms with Crippen LogP contribution in [0.1, 0.15) is 37.3 Å². The van der Waals surface area contributed by atoms with Crippen molar-refractivity contribution in [2.75, 3.05) is 0 Å². The third-order valence-corrected chi connectivity index (χ3v) is 2.96. The molecular weight excluding hydrogens is 284 g/mol. The van der Waals surface area contributed by atoms with Crippen LogP contribution in [0.3, 0.4) is 0 Å². The maximum absolute atomic E-state index is 5.51. The molecule has 2 aromatic rings. The predicted octanol–water partition coefficient (Wildman–Crippen LogP) is 3.44. The van der Waals surface area contributed by atoms with Crippen molar-refractivity contribution in [3.8, 4) is 0 Å². The Bertz CT molecular complexity index is 478. The summed E-state index contributed by atoms with van der Waals surface area (Å²) in [6.45, 7) is 4.68. The van der Waals surface area contributed by atoms with Gasteiger partial charge in [-0.1, -0.05) is 6.92 Å². The molecule has 1 N–H and O–H groups in total. The van der Waals surface area contributed by atoms with Crippen molar-refractivity contribution in [2.24, 2.45) is 0 Å². The molecule has 0 aliphatic heterocycles. The SMILES string of the molecule is CCc1cnc(CNC(C)c2ccc(Br)o2)o1. The largest absolute Gasteiger partial charge is 0.453 e. The van der Waals surface area contributed by atoms with Gasteiger partial charge in [-0.2, -0.15) is 0 Å². The molecule has 0 aliphatic carbocycles. The summed E-state index contributed by atoms with van der Waals surface area (Å²) < 4.78 is 11.7. The second-order valence-corrected chi connectivity index (χ2v) is 4.60. The van der Waals surface area contributed by atoms with Crippen LogP contribution in [-0.2, 0) is 13.0 Å². The van der Waals surface area contributed by atoms with E-state index in [4.69, 9.17) is 8.83 Å². The van der Waals surface area contributed by atoms with Crippen LogP contribution in [0.15, 0.2) is 31.8 Å². The number of rotatable bonds is 5. The molecule has 0 amide bonds. The van der Waals surface area contributed by atoms with Gasteiger partial charge in [0.1, 0.15) is 11.5 Å². The summed E-state index contributed by atoms with van der Waals surface area (Å²) in [4.78, 5) is 4.19. The maximum atomic E-state index is 5.51. The molecule has 0 saturated carbocycles. The van der Waals surface area contributed by atoms with Crippen molar-refractivity contribution in [1.82, 2.24) is 10.3 Å². The number of halogens is 1. The Hall–Kier alpha value is -1.07. The number of aryl methyl sites for hydroxylation is 1. The fraction of sp³-hybridized carbons (Fsp3) is 0.417. The van der Waals surface area contributed by atoms with Crippen LogP contribution in [-0.4, -0.2) is 4.98 Å². The van der Waals surface area contributed by atoms with E-state index in [0.29, 0.717) is 12.4 Å². The highest BCUT2D eigenvalue weighted by atomic mass is 79.9. The summed E-state index contributed by atoms with van der Waals surface area (Å²) in [5.41, 5.74) is 0. The van der Waals surface area contributed by atoms with Crippen LogP contribution in [0, 0.1) is 0 Å². The highest BCUT2D eigenvalue weighted by molar-refractivity contribution is 9.10. The van der Waals surface area contributed by atoms with Gasteiger partial charge in [-0.05, 0) is 35.0 Å². The quantitative estimate of drug-likeness (QED) is 0.919. The molecule has 0 spiro atoms. The topological polar surface area (TPSA) is 51.2 Å². The molecule has 0 radical (unpaired) electrons. The summed E-state index contributed by atoms with van der Waals surface area (Å²) in [6.07, 6.45) is 2.64. The maximum Gasteiger partial charge on any atom is 0.208 e. The van der Waals surface area contributed by atoms with E-state index >= 15 is 0 Å². The Kier molecular flexibility index (Phi) is 4.02. The molecule has 17 heavy (non-hydrogen) atoms. The van der Waals surface area contributed by atoms with Gasteiger partial charge in [-0.15, -0.1) is 0 Å². The standard InChI is InChI=1S/C12H15BrN2O2/c1-3-9-6-15-12(16-9)7-14-8(2)10-4-5-11(13)17-10/h4-6,8,14H,3,7H2,1-2H3. The fourth-order valence-electron chi connectivity index (χ4n) is 1.50. The van der Waals surface area contributed by atoms with Gasteiger partial charge in [-0.25, -0.2) is 4.98 Å². The average Bonchev–Trinajstić information content (AvgIpc) is 2.94. The molecule has 0 fully saturated rings. The van der Waals surface area contributed by atoms with E-state index in [0.717, 1.165) is 22.6 Å². The normalized spacial score (nSPS) is 12.9. The molecule has 0 aromatic carbocycles. The zero-order valence-corrected chi connectivity index (χ0v) is 11.5. The first kappa shape index (κ1) is 12.4.